The highest BCUT2D eigenvalue weighted by Crippen LogP contribution is 2.20. The van der Waals surface area contributed by atoms with Gasteiger partial charge in [0.25, 0.3) is 0 Å². The van der Waals surface area contributed by atoms with Crippen molar-refractivity contribution in [3.8, 4) is 0 Å². The molecule has 1 N–H and O–H groups in total. The highest BCUT2D eigenvalue weighted by molar-refractivity contribution is 5.80. The maximum Gasteiger partial charge on any atom is 0.194 e. The lowest BCUT2D eigenvalue weighted by Gasteiger charge is -2.31. The van der Waals surface area contributed by atoms with E-state index in [1.54, 1.807) is 7.11 Å². The zero-order valence-electron chi connectivity index (χ0n) is 18.8. The normalized spacial score (nSPS) is 14.9. The average molecular weight is 410 g/mol. The van der Waals surface area contributed by atoms with Crippen molar-refractivity contribution in [1.29, 1.82) is 0 Å². The fourth-order valence-corrected chi connectivity index (χ4v) is 3.87. The van der Waals surface area contributed by atoms with Crippen molar-refractivity contribution in [2.45, 2.75) is 46.7 Å². The summed E-state index contributed by atoms with van der Waals surface area (Å²) in [6.07, 6.45) is 4.49. The smallest absolute Gasteiger partial charge is 0.194 e. The number of nitrogens with one attached hydrogen (secondary N) is 1. The molecule has 1 saturated heterocycles. The first-order valence-corrected chi connectivity index (χ1v) is 10.9. The molecule has 6 nitrogen and oxygen atoms in total. The molecule has 0 aliphatic carbocycles. The van der Waals surface area contributed by atoms with Crippen molar-refractivity contribution in [2.24, 2.45) is 4.99 Å². The van der Waals surface area contributed by atoms with Crippen LogP contribution in [0.3, 0.4) is 0 Å². The Bertz CT molecular complexity index is 859. The summed E-state index contributed by atoms with van der Waals surface area (Å²) in [7, 11) is 1.72. The van der Waals surface area contributed by atoms with E-state index in [1.165, 1.54) is 22.4 Å². The number of aliphatic imine (C=N–C) groups is 1. The van der Waals surface area contributed by atoms with E-state index in [1.807, 2.05) is 4.68 Å². The largest absolute Gasteiger partial charge is 0.383 e. The van der Waals surface area contributed by atoms with E-state index in [-0.39, 0.29) is 0 Å². The van der Waals surface area contributed by atoms with Gasteiger partial charge in [0, 0.05) is 38.0 Å². The van der Waals surface area contributed by atoms with Crippen LogP contribution in [0.2, 0.25) is 0 Å². The lowest BCUT2D eigenvalue weighted by atomic mass is 10.0. The van der Waals surface area contributed by atoms with Crippen LogP contribution in [0.15, 0.2) is 40.9 Å². The number of benzene rings is 1. The average Bonchev–Trinajstić information content (AvgIpc) is 3.03. The minimum absolute atomic E-state index is 0.649. The van der Waals surface area contributed by atoms with Gasteiger partial charge in [0.05, 0.1) is 25.4 Å². The van der Waals surface area contributed by atoms with Crippen molar-refractivity contribution >= 4 is 12.0 Å². The van der Waals surface area contributed by atoms with Gasteiger partial charge in [-0.2, -0.15) is 5.10 Å². The molecule has 1 aromatic carbocycles. The minimum atomic E-state index is 0.649. The molecule has 0 radical (unpaired) electrons. The molecule has 0 atom stereocenters. The number of piperidine rings is 1. The fourth-order valence-electron chi connectivity index (χ4n) is 3.87. The number of methoxy groups -OCH3 is 1. The summed E-state index contributed by atoms with van der Waals surface area (Å²) in [5, 5.41) is 8.14. The molecule has 162 valence electrons. The van der Waals surface area contributed by atoms with Gasteiger partial charge in [0.1, 0.15) is 0 Å². The van der Waals surface area contributed by atoms with E-state index in [4.69, 9.17) is 9.73 Å². The van der Waals surface area contributed by atoms with Crippen LogP contribution in [0.5, 0.6) is 0 Å². The van der Waals surface area contributed by atoms with Gasteiger partial charge in [-0.05, 0) is 39.2 Å². The molecule has 1 aromatic heterocycles. The van der Waals surface area contributed by atoms with Gasteiger partial charge in [-0.3, -0.25) is 4.68 Å². The molecule has 0 bridgehead atoms. The third-order valence-corrected chi connectivity index (χ3v) is 5.64. The van der Waals surface area contributed by atoms with E-state index in [0.29, 0.717) is 13.2 Å². The molecule has 30 heavy (non-hydrogen) atoms. The van der Waals surface area contributed by atoms with Crippen LogP contribution in [-0.4, -0.2) is 54.0 Å². The fraction of sp³-hybridized carbons (Fsp3) is 0.500. The Labute approximate surface area is 180 Å². The first-order valence-electron chi connectivity index (χ1n) is 10.9. The van der Waals surface area contributed by atoms with Gasteiger partial charge >= 0.3 is 0 Å². The molecule has 0 unspecified atom stereocenters. The minimum Gasteiger partial charge on any atom is -0.383 e. The molecule has 1 fully saturated rings. The Morgan fingerprint density at radius 1 is 1.20 bits per heavy atom. The van der Waals surface area contributed by atoms with Crippen LogP contribution in [-0.2, 0) is 17.8 Å². The predicted molar refractivity (Wildman–Crippen MR) is 124 cm³/mol. The van der Waals surface area contributed by atoms with Gasteiger partial charge in [0.15, 0.2) is 5.96 Å². The Kier molecular flexibility index (Phi) is 8.08. The molecule has 1 aliphatic rings. The number of aromatic nitrogens is 2. The third-order valence-electron chi connectivity index (χ3n) is 5.64. The highest BCUT2D eigenvalue weighted by atomic mass is 16.5. The SMILES string of the molecule is CCNC(=NCc1c(C)nn(CCOC)c1C)N1CCC(=Cc2ccccc2)CC1. The topological polar surface area (TPSA) is 54.7 Å². The molecule has 0 amide bonds. The van der Waals surface area contributed by atoms with Gasteiger partial charge in [-0.25, -0.2) is 4.99 Å². The van der Waals surface area contributed by atoms with E-state index in [9.17, 15) is 0 Å². The number of likely N-dealkylation sites (tertiary alicyclic amines) is 1. The van der Waals surface area contributed by atoms with Crippen LogP contribution >= 0.6 is 0 Å². The Morgan fingerprint density at radius 3 is 2.60 bits per heavy atom. The zero-order valence-corrected chi connectivity index (χ0v) is 18.8. The monoisotopic (exact) mass is 409 g/mol. The van der Waals surface area contributed by atoms with Crippen LogP contribution in [0.1, 0.15) is 42.3 Å². The standard InChI is InChI=1S/C24H35N5O/c1-5-25-24(26-18-23-19(2)27-29(20(23)3)15-16-30-4)28-13-11-22(12-14-28)17-21-9-7-6-8-10-21/h6-10,17H,5,11-16,18H2,1-4H3,(H,25,26). The second kappa shape index (κ2) is 11.0. The third kappa shape index (κ3) is 5.72. The molecule has 0 spiro atoms. The maximum absolute atomic E-state index is 5.20. The molecular formula is C24H35N5O. The lowest BCUT2D eigenvalue weighted by molar-refractivity contribution is 0.182. The highest BCUT2D eigenvalue weighted by Gasteiger charge is 2.18. The van der Waals surface area contributed by atoms with E-state index in [0.717, 1.165) is 50.7 Å². The van der Waals surface area contributed by atoms with Gasteiger partial charge in [-0.1, -0.05) is 42.0 Å². The first kappa shape index (κ1) is 22.1. The molecule has 2 aromatic rings. The van der Waals surface area contributed by atoms with Crippen LogP contribution < -0.4 is 5.32 Å². The summed E-state index contributed by atoms with van der Waals surface area (Å²) >= 11 is 0. The Morgan fingerprint density at radius 2 is 1.93 bits per heavy atom. The van der Waals surface area contributed by atoms with Gasteiger partial charge in [0.2, 0.25) is 0 Å². The molecule has 1 aliphatic heterocycles. The first-order chi connectivity index (χ1) is 14.6. The number of nitrogens with zero attached hydrogens (tertiary/aromatic N) is 4. The van der Waals surface area contributed by atoms with E-state index >= 15 is 0 Å². The summed E-state index contributed by atoms with van der Waals surface area (Å²) in [4.78, 5) is 7.34. The number of guanidine groups is 1. The van der Waals surface area contributed by atoms with Crippen molar-refractivity contribution in [3.63, 3.8) is 0 Å². The summed E-state index contributed by atoms with van der Waals surface area (Å²) < 4.78 is 7.22. The Hall–Kier alpha value is -2.60. The van der Waals surface area contributed by atoms with Crippen LogP contribution in [0.4, 0.5) is 0 Å². The van der Waals surface area contributed by atoms with Gasteiger partial charge in [-0.15, -0.1) is 0 Å². The van der Waals surface area contributed by atoms with Crippen molar-refractivity contribution < 1.29 is 4.74 Å². The number of hydrogen-bond acceptors (Lipinski definition) is 3. The number of rotatable bonds is 7. The quantitative estimate of drug-likeness (QED) is 0.558. The maximum atomic E-state index is 5.20. The Balaban J connectivity index is 1.66. The second-order valence-corrected chi connectivity index (χ2v) is 7.74. The number of ether oxygens (including phenoxy) is 1. The van der Waals surface area contributed by atoms with Gasteiger partial charge < -0.3 is 15.0 Å². The number of hydrogen-bond donors (Lipinski definition) is 1. The summed E-state index contributed by atoms with van der Waals surface area (Å²) in [5.74, 6) is 1.000. The molecular weight excluding hydrogens is 374 g/mol. The van der Waals surface area contributed by atoms with E-state index in [2.05, 4.69) is 72.5 Å². The molecule has 2 heterocycles. The molecule has 3 rings (SSSR count). The molecule has 0 saturated carbocycles. The zero-order chi connectivity index (χ0) is 21.3. The predicted octanol–water partition coefficient (Wildman–Crippen LogP) is 3.79. The second-order valence-electron chi connectivity index (χ2n) is 7.74. The number of aryl methyl sites for hydroxylation is 1. The van der Waals surface area contributed by atoms with Crippen LogP contribution in [0, 0.1) is 13.8 Å². The van der Waals surface area contributed by atoms with Crippen molar-refractivity contribution in [2.75, 3.05) is 33.4 Å². The lowest BCUT2D eigenvalue weighted by Crippen LogP contribution is -2.44. The van der Waals surface area contributed by atoms with Crippen molar-refractivity contribution in [1.82, 2.24) is 20.0 Å². The molecule has 6 heteroatoms. The van der Waals surface area contributed by atoms with Crippen LogP contribution in [0.25, 0.3) is 6.08 Å². The van der Waals surface area contributed by atoms with Crippen molar-refractivity contribution in [3.05, 3.63) is 58.4 Å². The summed E-state index contributed by atoms with van der Waals surface area (Å²) in [6, 6.07) is 10.6. The summed E-state index contributed by atoms with van der Waals surface area (Å²) in [5.41, 5.74) is 6.24. The summed E-state index contributed by atoms with van der Waals surface area (Å²) in [6.45, 7) is 11.3. The van der Waals surface area contributed by atoms with E-state index < -0.39 is 0 Å².